The summed E-state index contributed by atoms with van der Waals surface area (Å²) in [4.78, 5) is 12.1. The molecule has 1 aliphatic heterocycles. The number of carbonyl (C=O) groups excluding carboxylic acids is 1. The van der Waals surface area contributed by atoms with E-state index in [2.05, 4.69) is 11.4 Å². The Morgan fingerprint density at radius 3 is 2.71 bits per heavy atom. The van der Waals surface area contributed by atoms with Gasteiger partial charge in [0, 0.05) is 5.92 Å². The monoisotopic (exact) mass is 193 g/mol. The van der Waals surface area contributed by atoms with Crippen LogP contribution in [-0.4, -0.2) is 18.9 Å². The highest BCUT2D eigenvalue weighted by Gasteiger charge is 2.24. The third-order valence-corrected chi connectivity index (χ3v) is 3.32. The SMILES string of the molecule is O=C(C1=CCCCC1)C1CCNCC1. The van der Waals surface area contributed by atoms with E-state index in [1.165, 1.54) is 12.8 Å². The van der Waals surface area contributed by atoms with Gasteiger partial charge >= 0.3 is 0 Å². The van der Waals surface area contributed by atoms with Crippen LogP contribution in [-0.2, 0) is 4.79 Å². The predicted molar refractivity (Wildman–Crippen MR) is 57.2 cm³/mol. The van der Waals surface area contributed by atoms with E-state index in [9.17, 15) is 4.79 Å². The molecule has 2 heteroatoms. The number of ketones is 1. The third kappa shape index (κ3) is 2.24. The normalized spacial score (nSPS) is 24.4. The van der Waals surface area contributed by atoms with Crippen LogP contribution in [0.5, 0.6) is 0 Å². The van der Waals surface area contributed by atoms with Gasteiger partial charge in [0.25, 0.3) is 0 Å². The topological polar surface area (TPSA) is 29.1 Å². The van der Waals surface area contributed by atoms with E-state index in [0.717, 1.165) is 44.3 Å². The van der Waals surface area contributed by atoms with Crippen LogP contribution in [0.3, 0.4) is 0 Å². The fraction of sp³-hybridized carbons (Fsp3) is 0.750. The number of nitrogens with one attached hydrogen (secondary N) is 1. The van der Waals surface area contributed by atoms with Crippen molar-refractivity contribution in [3.05, 3.63) is 11.6 Å². The van der Waals surface area contributed by atoms with Crippen LogP contribution < -0.4 is 5.32 Å². The second-order valence-corrected chi connectivity index (χ2v) is 4.36. The molecule has 0 radical (unpaired) electrons. The van der Waals surface area contributed by atoms with Crippen LogP contribution in [0.1, 0.15) is 38.5 Å². The van der Waals surface area contributed by atoms with E-state index in [0.29, 0.717) is 11.7 Å². The summed E-state index contributed by atoms with van der Waals surface area (Å²) in [6, 6.07) is 0. The number of rotatable bonds is 2. The van der Waals surface area contributed by atoms with Crippen molar-refractivity contribution < 1.29 is 4.79 Å². The smallest absolute Gasteiger partial charge is 0.161 e. The van der Waals surface area contributed by atoms with Gasteiger partial charge < -0.3 is 5.32 Å². The fourth-order valence-electron chi connectivity index (χ4n) is 2.41. The largest absolute Gasteiger partial charge is 0.317 e. The average molecular weight is 193 g/mol. The van der Waals surface area contributed by atoms with Gasteiger partial charge in [0.2, 0.25) is 0 Å². The van der Waals surface area contributed by atoms with Crippen molar-refractivity contribution >= 4 is 5.78 Å². The van der Waals surface area contributed by atoms with E-state index < -0.39 is 0 Å². The lowest BCUT2D eigenvalue weighted by atomic mass is 9.85. The van der Waals surface area contributed by atoms with Gasteiger partial charge in [0.1, 0.15) is 0 Å². The number of carbonyl (C=O) groups is 1. The number of Topliss-reactive ketones (excluding diaryl/α,β-unsaturated/α-hetero) is 1. The van der Waals surface area contributed by atoms with Gasteiger partial charge in [-0.1, -0.05) is 6.08 Å². The van der Waals surface area contributed by atoms with E-state index in [1.807, 2.05) is 0 Å². The first kappa shape index (κ1) is 9.91. The molecule has 0 amide bonds. The molecule has 2 nitrogen and oxygen atoms in total. The Hall–Kier alpha value is -0.630. The highest BCUT2D eigenvalue weighted by Crippen LogP contribution is 2.24. The standard InChI is InChI=1S/C12H19NO/c14-12(10-4-2-1-3-5-10)11-6-8-13-9-7-11/h4,11,13H,1-3,5-9H2. The van der Waals surface area contributed by atoms with Crippen LogP contribution in [0, 0.1) is 5.92 Å². The van der Waals surface area contributed by atoms with Gasteiger partial charge in [-0.2, -0.15) is 0 Å². The molecular formula is C12H19NO. The lowest BCUT2D eigenvalue weighted by Crippen LogP contribution is -2.32. The zero-order valence-electron chi connectivity index (χ0n) is 8.72. The summed E-state index contributed by atoms with van der Waals surface area (Å²) in [6.45, 7) is 2.04. The summed E-state index contributed by atoms with van der Waals surface area (Å²) in [5.74, 6) is 0.770. The Morgan fingerprint density at radius 1 is 1.29 bits per heavy atom. The van der Waals surface area contributed by atoms with Crippen molar-refractivity contribution in [2.24, 2.45) is 5.92 Å². The van der Waals surface area contributed by atoms with Gasteiger partial charge in [-0.05, 0) is 57.2 Å². The number of piperidine rings is 1. The summed E-state index contributed by atoms with van der Waals surface area (Å²) in [7, 11) is 0. The van der Waals surface area contributed by atoms with Crippen LogP contribution >= 0.6 is 0 Å². The lowest BCUT2D eigenvalue weighted by molar-refractivity contribution is -0.120. The maximum Gasteiger partial charge on any atom is 0.161 e. The molecule has 1 saturated heterocycles. The Kier molecular flexibility index (Phi) is 3.35. The number of hydrogen-bond acceptors (Lipinski definition) is 2. The molecule has 78 valence electrons. The Labute approximate surface area is 85.8 Å². The molecule has 0 atom stereocenters. The molecule has 1 aliphatic carbocycles. The highest BCUT2D eigenvalue weighted by atomic mass is 16.1. The molecule has 0 bridgehead atoms. The van der Waals surface area contributed by atoms with Crippen molar-refractivity contribution in [3.8, 4) is 0 Å². The van der Waals surface area contributed by atoms with Gasteiger partial charge in [-0.3, -0.25) is 4.79 Å². The molecule has 14 heavy (non-hydrogen) atoms. The third-order valence-electron chi connectivity index (χ3n) is 3.32. The van der Waals surface area contributed by atoms with Crippen molar-refractivity contribution in [3.63, 3.8) is 0 Å². The maximum atomic E-state index is 12.1. The fourth-order valence-corrected chi connectivity index (χ4v) is 2.41. The summed E-state index contributed by atoms with van der Waals surface area (Å²) in [5, 5.41) is 3.30. The van der Waals surface area contributed by atoms with Crippen molar-refractivity contribution in [1.29, 1.82) is 0 Å². The quantitative estimate of drug-likeness (QED) is 0.727. The Balaban J connectivity index is 1.95. The molecule has 0 unspecified atom stereocenters. The first-order valence-corrected chi connectivity index (χ1v) is 5.82. The lowest BCUT2D eigenvalue weighted by Gasteiger charge is -2.23. The molecular weight excluding hydrogens is 174 g/mol. The molecule has 0 saturated carbocycles. The van der Waals surface area contributed by atoms with Crippen LogP contribution in [0.25, 0.3) is 0 Å². The van der Waals surface area contributed by atoms with E-state index in [-0.39, 0.29) is 0 Å². The minimum atomic E-state index is 0.320. The molecule has 0 spiro atoms. The van der Waals surface area contributed by atoms with Gasteiger partial charge in [-0.15, -0.1) is 0 Å². The summed E-state index contributed by atoms with van der Waals surface area (Å²) >= 11 is 0. The Bertz CT molecular complexity index is 239. The summed E-state index contributed by atoms with van der Waals surface area (Å²) < 4.78 is 0. The second kappa shape index (κ2) is 4.74. The molecule has 2 rings (SSSR count). The molecule has 1 fully saturated rings. The Morgan fingerprint density at radius 2 is 2.07 bits per heavy atom. The first-order valence-electron chi connectivity index (χ1n) is 5.82. The second-order valence-electron chi connectivity index (χ2n) is 4.36. The molecule has 1 N–H and O–H groups in total. The number of allylic oxidation sites excluding steroid dienone is 2. The van der Waals surface area contributed by atoms with E-state index >= 15 is 0 Å². The van der Waals surface area contributed by atoms with Gasteiger partial charge in [-0.25, -0.2) is 0 Å². The molecule has 0 aromatic carbocycles. The maximum absolute atomic E-state index is 12.1. The zero-order chi connectivity index (χ0) is 9.80. The van der Waals surface area contributed by atoms with E-state index in [4.69, 9.17) is 0 Å². The van der Waals surface area contributed by atoms with E-state index in [1.54, 1.807) is 0 Å². The van der Waals surface area contributed by atoms with Gasteiger partial charge in [0.05, 0.1) is 0 Å². The minimum absolute atomic E-state index is 0.320. The molecule has 0 aromatic heterocycles. The minimum Gasteiger partial charge on any atom is -0.317 e. The molecule has 1 heterocycles. The van der Waals surface area contributed by atoms with Crippen LogP contribution in [0.2, 0.25) is 0 Å². The average Bonchev–Trinajstić information content (AvgIpc) is 2.30. The molecule has 0 aromatic rings. The predicted octanol–water partition coefficient (Wildman–Crippen LogP) is 2.06. The zero-order valence-corrected chi connectivity index (χ0v) is 8.72. The van der Waals surface area contributed by atoms with Crippen molar-refractivity contribution in [1.82, 2.24) is 5.32 Å². The summed E-state index contributed by atoms with van der Waals surface area (Å²) in [5.41, 5.74) is 1.13. The number of hydrogen-bond donors (Lipinski definition) is 1. The summed E-state index contributed by atoms with van der Waals surface area (Å²) in [6.07, 6.45) is 8.88. The van der Waals surface area contributed by atoms with Crippen LogP contribution in [0.4, 0.5) is 0 Å². The van der Waals surface area contributed by atoms with Gasteiger partial charge in [0.15, 0.2) is 5.78 Å². The molecule has 2 aliphatic rings. The van der Waals surface area contributed by atoms with Crippen molar-refractivity contribution in [2.45, 2.75) is 38.5 Å². The van der Waals surface area contributed by atoms with Crippen molar-refractivity contribution in [2.75, 3.05) is 13.1 Å². The highest BCUT2D eigenvalue weighted by molar-refractivity contribution is 5.97. The van der Waals surface area contributed by atoms with Crippen LogP contribution in [0.15, 0.2) is 11.6 Å². The first-order chi connectivity index (χ1) is 6.88.